The second-order valence-electron chi connectivity index (χ2n) is 10.4. The predicted octanol–water partition coefficient (Wildman–Crippen LogP) is 6.32. The summed E-state index contributed by atoms with van der Waals surface area (Å²) >= 11 is 0. The summed E-state index contributed by atoms with van der Waals surface area (Å²) in [5.41, 5.74) is 5.43. The molecule has 0 bridgehead atoms. The molecule has 31 heavy (non-hydrogen) atoms. The zero-order valence-electron chi connectivity index (χ0n) is 18.8. The van der Waals surface area contributed by atoms with Crippen LogP contribution in [0.15, 0.2) is 36.4 Å². The highest BCUT2D eigenvalue weighted by molar-refractivity contribution is 5.46. The van der Waals surface area contributed by atoms with Gasteiger partial charge in [-0.2, -0.15) is 0 Å². The molecule has 0 spiro atoms. The largest absolute Gasteiger partial charge is 0.457 e. The molecule has 2 aromatic carbocycles. The molecule has 4 aliphatic rings. The Kier molecular flexibility index (Phi) is 5.07. The van der Waals surface area contributed by atoms with Crippen LogP contribution in [0.25, 0.3) is 0 Å². The van der Waals surface area contributed by atoms with E-state index in [0.717, 1.165) is 36.2 Å². The lowest BCUT2D eigenvalue weighted by Crippen LogP contribution is -2.16. The van der Waals surface area contributed by atoms with E-state index in [4.69, 9.17) is 14.2 Å². The van der Waals surface area contributed by atoms with Gasteiger partial charge < -0.3 is 14.2 Å². The van der Waals surface area contributed by atoms with Gasteiger partial charge in [0.1, 0.15) is 11.5 Å². The zero-order valence-corrected chi connectivity index (χ0v) is 18.8. The number of fused-ring (bicyclic) bond motifs is 2. The van der Waals surface area contributed by atoms with Gasteiger partial charge in [-0.3, -0.25) is 0 Å². The third kappa shape index (κ3) is 4.15. The van der Waals surface area contributed by atoms with E-state index in [1.165, 1.54) is 60.8 Å². The van der Waals surface area contributed by atoms with Gasteiger partial charge in [-0.15, -0.1) is 0 Å². The Balaban J connectivity index is 1.16. The molecule has 2 heterocycles. The normalized spacial score (nSPS) is 33.4. The topological polar surface area (TPSA) is 34.3 Å². The molecule has 2 aromatic rings. The van der Waals surface area contributed by atoms with Crippen LogP contribution >= 0.6 is 0 Å². The van der Waals surface area contributed by atoms with Crippen molar-refractivity contribution in [2.45, 2.75) is 89.6 Å². The van der Waals surface area contributed by atoms with Crippen molar-refractivity contribution in [2.24, 2.45) is 11.8 Å². The summed E-state index contributed by atoms with van der Waals surface area (Å²) < 4.78 is 18.0. The molecule has 6 atom stereocenters. The highest BCUT2D eigenvalue weighted by Gasteiger charge is 2.44. The number of ether oxygens (including phenoxy) is 3. The highest BCUT2D eigenvalue weighted by atomic mass is 16.6. The zero-order chi connectivity index (χ0) is 20.9. The Morgan fingerprint density at radius 1 is 0.677 bits per heavy atom. The van der Waals surface area contributed by atoms with Crippen LogP contribution in [0.1, 0.15) is 60.8 Å². The van der Waals surface area contributed by atoms with E-state index >= 15 is 0 Å². The van der Waals surface area contributed by atoms with Gasteiger partial charge in [0.2, 0.25) is 0 Å². The van der Waals surface area contributed by atoms with Crippen LogP contribution in [0.2, 0.25) is 0 Å². The van der Waals surface area contributed by atoms with Crippen LogP contribution in [0.4, 0.5) is 0 Å². The van der Waals surface area contributed by atoms with E-state index in [1.807, 2.05) is 0 Å². The molecule has 6 unspecified atom stereocenters. The van der Waals surface area contributed by atoms with Crippen molar-refractivity contribution in [2.75, 3.05) is 0 Å². The molecular weight excluding hydrogens is 384 g/mol. The van der Waals surface area contributed by atoms with E-state index in [9.17, 15) is 0 Å². The molecule has 2 aliphatic heterocycles. The highest BCUT2D eigenvalue weighted by Crippen LogP contribution is 2.43. The van der Waals surface area contributed by atoms with E-state index in [-0.39, 0.29) is 0 Å². The fourth-order valence-electron chi connectivity index (χ4n) is 6.07. The van der Waals surface area contributed by atoms with Crippen molar-refractivity contribution in [3.05, 3.63) is 58.7 Å². The Morgan fingerprint density at radius 3 is 1.61 bits per heavy atom. The molecule has 0 radical (unpaired) electrons. The summed E-state index contributed by atoms with van der Waals surface area (Å²) in [6.45, 7) is 4.44. The molecule has 2 saturated heterocycles. The van der Waals surface area contributed by atoms with Crippen molar-refractivity contribution in [1.82, 2.24) is 0 Å². The van der Waals surface area contributed by atoms with Crippen LogP contribution in [-0.2, 0) is 22.3 Å². The second kappa shape index (κ2) is 7.94. The van der Waals surface area contributed by atoms with Gasteiger partial charge in [0.15, 0.2) is 0 Å². The molecule has 164 valence electrons. The number of epoxide rings is 2. The summed E-state index contributed by atoms with van der Waals surface area (Å²) in [5.74, 6) is 3.49. The molecule has 3 heteroatoms. The molecular formula is C28H34O3. The molecule has 4 fully saturated rings. The number of hydrogen-bond donors (Lipinski definition) is 0. The average Bonchev–Trinajstić information content (AvgIpc) is 3.68. The first-order valence-corrected chi connectivity index (χ1v) is 12.3. The minimum atomic E-state index is 0.547. The van der Waals surface area contributed by atoms with Gasteiger partial charge in [0.25, 0.3) is 0 Å². The minimum Gasteiger partial charge on any atom is -0.457 e. The van der Waals surface area contributed by atoms with Gasteiger partial charge in [-0.25, -0.2) is 0 Å². The summed E-state index contributed by atoms with van der Waals surface area (Å²) in [5, 5.41) is 0. The van der Waals surface area contributed by atoms with E-state index in [0.29, 0.717) is 24.4 Å². The number of benzene rings is 2. The Labute approximate surface area is 186 Å². The van der Waals surface area contributed by atoms with Crippen LogP contribution < -0.4 is 4.74 Å². The predicted molar refractivity (Wildman–Crippen MR) is 122 cm³/mol. The molecule has 2 aliphatic carbocycles. The fraction of sp³-hybridized carbons (Fsp3) is 0.571. The first-order chi connectivity index (χ1) is 15.1. The summed E-state index contributed by atoms with van der Waals surface area (Å²) in [7, 11) is 0. The van der Waals surface area contributed by atoms with Crippen LogP contribution in [-0.4, -0.2) is 24.4 Å². The Hall–Kier alpha value is -1.84. The van der Waals surface area contributed by atoms with Crippen LogP contribution in [0, 0.1) is 25.7 Å². The lowest BCUT2D eigenvalue weighted by atomic mass is 9.84. The summed E-state index contributed by atoms with van der Waals surface area (Å²) in [6, 6.07) is 13.1. The molecule has 0 N–H and O–H groups in total. The number of hydrogen-bond acceptors (Lipinski definition) is 3. The molecule has 2 saturated carbocycles. The SMILES string of the molecule is Cc1c(CC2CCC3OC3C2)cccc1Oc1cccc(CC2CCC3OC3C2)c1C. The minimum absolute atomic E-state index is 0.547. The summed E-state index contributed by atoms with van der Waals surface area (Å²) in [6.07, 6.45) is 12.0. The van der Waals surface area contributed by atoms with Crippen molar-refractivity contribution in [3.8, 4) is 11.5 Å². The molecule has 0 aromatic heterocycles. The molecule has 0 amide bonds. The van der Waals surface area contributed by atoms with Crippen molar-refractivity contribution >= 4 is 0 Å². The monoisotopic (exact) mass is 418 g/mol. The van der Waals surface area contributed by atoms with Crippen molar-refractivity contribution in [3.63, 3.8) is 0 Å². The number of rotatable bonds is 6. The molecule has 3 nitrogen and oxygen atoms in total. The maximum Gasteiger partial charge on any atom is 0.130 e. The van der Waals surface area contributed by atoms with Crippen LogP contribution in [0.3, 0.4) is 0 Å². The fourth-order valence-corrected chi connectivity index (χ4v) is 6.07. The van der Waals surface area contributed by atoms with Gasteiger partial charge >= 0.3 is 0 Å². The first kappa shape index (κ1) is 19.8. The van der Waals surface area contributed by atoms with Gasteiger partial charge in [0.05, 0.1) is 24.4 Å². The van der Waals surface area contributed by atoms with Gasteiger partial charge in [0, 0.05) is 0 Å². The van der Waals surface area contributed by atoms with E-state index < -0.39 is 0 Å². The first-order valence-electron chi connectivity index (χ1n) is 12.3. The third-order valence-corrected chi connectivity index (χ3v) is 8.26. The van der Waals surface area contributed by atoms with E-state index in [1.54, 1.807) is 0 Å². The standard InChI is InChI=1S/C28H34O3/c1-17-21(13-19-9-11-25-27(15-19)30-25)5-3-7-23(17)29-24-8-4-6-22(18(24)2)14-20-10-12-26-28(16-20)31-26/h3-8,19-20,25-28H,9-16H2,1-2H3. The van der Waals surface area contributed by atoms with Crippen molar-refractivity contribution < 1.29 is 14.2 Å². The van der Waals surface area contributed by atoms with Crippen molar-refractivity contribution in [1.29, 1.82) is 0 Å². The quantitative estimate of drug-likeness (QED) is 0.515. The Bertz CT molecular complexity index is 889. The molecule has 6 rings (SSSR count). The average molecular weight is 419 g/mol. The van der Waals surface area contributed by atoms with Gasteiger partial charge in [-0.05, 0) is 111 Å². The Morgan fingerprint density at radius 2 is 1.16 bits per heavy atom. The smallest absolute Gasteiger partial charge is 0.130 e. The maximum absolute atomic E-state index is 6.51. The lowest BCUT2D eigenvalue weighted by Gasteiger charge is -2.22. The van der Waals surface area contributed by atoms with Gasteiger partial charge in [-0.1, -0.05) is 24.3 Å². The summed E-state index contributed by atoms with van der Waals surface area (Å²) in [4.78, 5) is 0. The van der Waals surface area contributed by atoms with Crippen LogP contribution in [0.5, 0.6) is 11.5 Å². The third-order valence-electron chi connectivity index (χ3n) is 8.26. The van der Waals surface area contributed by atoms with E-state index in [2.05, 4.69) is 50.2 Å². The second-order valence-corrected chi connectivity index (χ2v) is 10.4. The lowest BCUT2D eigenvalue weighted by molar-refractivity contribution is 0.360. The maximum atomic E-state index is 6.51.